The zero-order valence-electron chi connectivity index (χ0n) is 11.0. The lowest BCUT2D eigenvalue weighted by Gasteiger charge is -2.12. The fraction of sp³-hybridized carbons (Fsp3) is 0.308. The Kier molecular flexibility index (Phi) is 3.37. The van der Waals surface area contributed by atoms with Crippen LogP contribution in [0.4, 0.5) is 13.2 Å². The number of aromatic nitrogens is 1. The van der Waals surface area contributed by atoms with Crippen molar-refractivity contribution in [3.63, 3.8) is 0 Å². The molecule has 1 N–H and O–H groups in total. The van der Waals surface area contributed by atoms with Crippen LogP contribution in [0.1, 0.15) is 18.2 Å². The Morgan fingerprint density at radius 1 is 1.30 bits per heavy atom. The van der Waals surface area contributed by atoms with Crippen LogP contribution in [-0.4, -0.2) is 18.1 Å². The number of ether oxygens (including phenoxy) is 2. The van der Waals surface area contributed by atoms with Crippen LogP contribution in [0, 0.1) is 6.92 Å². The van der Waals surface area contributed by atoms with Crippen LogP contribution < -0.4 is 9.47 Å². The number of halogens is 3. The molecule has 0 radical (unpaired) electrons. The third-order valence-electron chi connectivity index (χ3n) is 2.80. The van der Waals surface area contributed by atoms with Crippen LogP contribution >= 0.6 is 0 Å². The van der Waals surface area contributed by atoms with E-state index in [1.807, 2.05) is 0 Å². The topological polar surface area (TPSA) is 51.3 Å². The van der Waals surface area contributed by atoms with Crippen molar-refractivity contribution in [1.82, 2.24) is 4.98 Å². The Labute approximate surface area is 112 Å². The Balaban J connectivity index is 2.71. The molecule has 1 aromatic carbocycles. The molecule has 0 aliphatic heterocycles. The van der Waals surface area contributed by atoms with E-state index in [4.69, 9.17) is 9.47 Å². The molecule has 2 rings (SSSR count). The van der Waals surface area contributed by atoms with Crippen LogP contribution in [-0.2, 0) is 11.0 Å². The van der Waals surface area contributed by atoms with E-state index < -0.39 is 17.7 Å². The molecule has 0 atom stereocenters. The highest BCUT2D eigenvalue weighted by molar-refractivity contribution is 5.92. The van der Waals surface area contributed by atoms with Gasteiger partial charge in [0.25, 0.3) is 0 Å². The molecule has 0 amide bonds. The number of rotatable bonds is 2. The van der Waals surface area contributed by atoms with Gasteiger partial charge in [-0.2, -0.15) is 13.2 Å². The summed E-state index contributed by atoms with van der Waals surface area (Å²) >= 11 is 0. The number of aryl methyl sites for hydroxylation is 1. The number of fused-ring (bicyclic) bond motifs is 1. The molecule has 1 aromatic heterocycles. The van der Waals surface area contributed by atoms with Crippen molar-refractivity contribution in [2.24, 2.45) is 0 Å². The van der Waals surface area contributed by atoms with Crippen LogP contribution in [0.2, 0.25) is 0 Å². The maximum atomic E-state index is 12.9. The van der Waals surface area contributed by atoms with Crippen LogP contribution in [0.15, 0.2) is 12.1 Å². The van der Waals surface area contributed by atoms with E-state index >= 15 is 0 Å². The van der Waals surface area contributed by atoms with E-state index in [2.05, 4.69) is 4.98 Å². The van der Waals surface area contributed by atoms with Gasteiger partial charge in [0.2, 0.25) is 0 Å². The van der Waals surface area contributed by atoms with Gasteiger partial charge in [-0.3, -0.25) is 4.79 Å². The maximum absolute atomic E-state index is 12.9. The molecule has 4 nitrogen and oxygen atoms in total. The normalized spacial score (nSPS) is 11.7. The average molecular weight is 287 g/mol. The molecule has 0 fully saturated rings. The van der Waals surface area contributed by atoms with Gasteiger partial charge in [-0.15, -0.1) is 0 Å². The molecule has 0 saturated heterocycles. The lowest BCUT2D eigenvalue weighted by molar-refractivity contribution is -0.138. The summed E-state index contributed by atoms with van der Waals surface area (Å²) in [6.45, 7) is 2.83. The van der Waals surface area contributed by atoms with Crippen LogP contribution in [0.25, 0.3) is 10.9 Å². The average Bonchev–Trinajstić information content (AvgIpc) is 2.62. The first-order valence-electron chi connectivity index (χ1n) is 5.70. The second-order valence-electron chi connectivity index (χ2n) is 4.27. The second kappa shape index (κ2) is 4.73. The van der Waals surface area contributed by atoms with E-state index in [1.54, 1.807) is 6.92 Å². The molecule has 108 valence electrons. The maximum Gasteiger partial charge on any atom is 0.420 e. The molecule has 0 saturated carbocycles. The Hall–Kier alpha value is -2.18. The number of esters is 1. The van der Waals surface area contributed by atoms with E-state index in [1.165, 1.54) is 13.0 Å². The first-order valence-corrected chi connectivity index (χ1v) is 5.70. The minimum Gasteiger partial charge on any atom is -0.496 e. The first kappa shape index (κ1) is 14.2. The summed E-state index contributed by atoms with van der Waals surface area (Å²) in [7, 11) is 1.15. The molecule has 0 spiro atoms. The number of hydrogen-bond acceptors (Lipinski definition) is 3. The van der Waals surface area contributed by atoms with E-state index in [0.29, 0.717) is 11.1 Å². The summed E-state index contributed by atoms with van der Waals surface area (Å²) in [5, 5.41) is 0.363. The monoisotopic (exact) mass is 287 g/mol. The lowest BCUT2D eigenvalue weighted by Crippen LogP contribution is -2.07. The predicted molar refractivity (Wildman–Crippen MR) is 65.9 cm³/mol. The van der Waals surface area contributed by atoms with Gasteiger partial charge in [-0.25, -0.2) is 0 Å². The van der Waals surface area contributed by atoms with Gasteiger partial charge in [0.1, 0.15) is 5.75 Å². The molecule has 0 aliphatic carbocycles. The van der Waals surface area contributed by atoms with E-state index in [9.17, 15) is 18.0 Å². The molecule has 0 aliphatic rings. The van der Waals surface area contributed by atoms with E-state index in [-0.39, 0.29) is 17.0 Å². The summed E-state index contributed by atoms with van der Waals surface area (Å²) in [6.07, 6.45) is -4.53. The van der Waals surface area contributed by atoms with Crippen molar-refractivity contribution in [1.29, 1.82) is 0 Å². The highest BCUT2D eigenvalue weighted by atomic mass is 19.4. The van der Waals surface area contributed by atoms with Crippen LogP contribution in [0.5, 0.6) is 11.5 Å². The van der Waals surface area contributed by atoms with Crippen molar-refractivity contribution in [3.8, 4) is 11.5 Å². The molecule has 20 heavy (non-hydrogen) atoms. The third-order valence-corrected chi connectivity index (χ3v) is 2.80. The fourth-order valence-corrected chi connectivity index (χ4v) is 2.00. The molecule has 0 unspecified atom stereocenters. The molecule has 7 heteroatoms. The number of aromatic amines is 1. The van der Waals surface area contributed by atoms with Gasteiger partial charge in [0, 0.05) is 12.3 Å². The summed E-state index contributed by atoms with van der Waals surface area (Å²) in [5.74, 6) is -0.662. The molecular weight excluding hydrogens is 275 g/mol. The number of carbonyl (C=O) groups excluding carboxylic acids is 1. The minimum atomic E-state index is -4.53. The number of H-pyrrole nitrogens is 1. The number of nitrogens with one attached hydrogen (secondary N) is 1. The zero-order valence-corrected chi connectivity index (χ0v) is 11.0. The Morgan fingerprint density at radius 2 is 1.95 bits per heavy atom. The number of methoxy groups -OCH3 is 1. The first-order chi connectivity index (χ1) is 9.24. The van der Waals surface area contributed by atoms with Crippen molar-refractivity contribution in [2.45, 2.75) is 20.0 Å². The molecule has 1 heterocycles. The summed E-state index contributed by atoms with van der Waals surface area (Å²) < 4.78 is 48.5. The van der Waals surface area contributed by atoms with Gasteiger partial charge in [-0.1, -0.05) is 0 Å². The molecule has 2 aromatic rings. The summed E-state index contributed by atoms with van der Waals surface area (Å²) in [4.78, 5) is 13.8. The smallest absolute Gasteiger partial charge is 0.420 e. The Morgan fingerprint density at radius 3 is 2.45 bits per heavy atom. The van der Waals surface area contributed by atoms with Gasteiger partial charge in [0.15, 0.2) is 5.75 Å². The van der Waals surface area contributed by atoms with Gasteiger partial charge in [0.05, 0.1) is 23.9 Å². The van der Waals surface area contributed by atoms with Gasteiger partial charge in [-0.05, 0) is 19.1 Å². The SMILES string of the molecule is COc1cc2c(OC(C)=O)c(C)[nH]c2cc1C(F)(F)F. The second-order valence-corrected chi connectivity index (χ2v) is 4.27. The standard InChI is InChI=1S/C13H12F3NO3/c1-6-12(20-7(2)18)8-4-11(19-3)9(13(14,15)16)5-10(8)17-6/h4-5,17H,1-3H3. The number of hydrogen-bond donors (Lipinski definition) is 1. The third kappa shape index (κ3) is 2.43. The van der Waals surface area contributed by atoms with Gasteiger partial charge >= 0.3 is 12.1 Å². The molecule has 0 bridgehead atoms. The lowest BCUT2D eigenvalue weighted by atomic mass is 10.1. The fourth-order valence-electron chi connectivity index (χ4n) is 2.00. The van der Waals surface area contributed by atoms with Crippen molar-refractivity contribution < 1.29 is 27.4 Å². The Bertz CT molecular complexity index is 674. The largest absolute Gasteiger partial charge is 0.496 e. The van der Waals surface area contributed by atoms with Crippen molar-refractivity contribution in [2.75, 3.05) is 7.11 Å². The number of carbonyl (C=O) groups is 1. The van der Waals surface area contributed by atoms with Crippen LogP contribution in [0.3, 0.4) is 0 Å². The summed E-state index contributed by atoms with van der Waals surface area (Å²) in [6, 6.07) is 2.15. The quantitative estimate of drug-likeness (QED) is 0.861. The van der Waals surface area contributed by atoms with Gasteiger partial charge < -0.3 is 14.5 Å². The highest BCUT2D eigenvalue weighted by Crippen LogP contribution is 2.41. The highest BCUT2D eigenvalue weighted by Gasteiger charge is 2.35. The zero-order chi connectivity index (χ0) is 15.1. The van der Waals surface area contributed by atoms with E-state index in [0.717, 1.165) is 13.2 Å². The number of alkyl halides is 3. The molecular formula is C13H12F3NO3. The van der Waals surface area contributed by atoms with Crippen molar-refractivity contribution in [3.05, 3.63) is 23.4 Å². The minimum absolute atomic E-state index is 0.208. The predicted octanol–water partition coefficient (Wildman–Crippen LogP) is 3.43. The summed E-state index contributed by atoms with van der Waals surface area (Å²) in [5.41, 5.74) is -0.188. The van der Waals surface area contributed by atoms with Crippen molar-refractivity contribution >= 4 is 16.9 Å². The number of benzene rings is 1.